The number of hydrogen-bond donors (Lipinski definition) is 0. The average Bonchev–Trinajstić information content (AvgIpc) is 3.15. The highest BCUT2D eigenvalue weighted by Gasteiger charge is 2.66. The van der Waals surface area contributed by atoms with Gasteiger partial charge in [-0.15, -0.1) is 0 Å². The predicted molar refractivity (Wildman–Crippen MR) is 200 cm³/mol. The lowest BCUT2D eigenvalue weighted by atomic mass is 9.30. The van der Waals surface area contributed by atoms with Crippen LogP contribution in [-0.2, 0) is 9.47 Å². The quantitative estimate of drug-likeness (QED) is 0.327. The highest BCUT2D eigenvalue weighted by Crippen LogP contribution is 2.59. The van der Waals surface area contributed by atoms with Crippen molar-refractivity contribution in [2.75, 3.05) is 0 Å². The summed E-state index contributed by atoms with van der Waals surface area (Å²) < 4.78 is 15.7. The molecule has 5 heterocycles. The van der Waals surface area contributed by atoms with Gasteiger partial charge in [0.2, 0.25) is 6.71 Å². The number of fused-ring (bicyclic) bond motifs is 2. The maximum atomic E-state index is 7.84. The second-order valence-electron chi connectivity index (χ2n) is 19.5. The fraction of sp³-hybridized carbons (Fsp3) is 0.733. The number of nitrogens with zero attached hydrogens (tertiary/aromatic N) is 2. The van der Waals surface area contributed by atoms with Gasteiger partial charge in [0.05, 0.1) is 24.4 Å². The summed E-state index contributed by atoms with van der Waals surface area (Å²) in [5, 5.41) is 0. The summed E-state index contributed by atoms with van der Waals surface area (Å²) in [6.07, 6.45) is 24.0. The summed E-state index contributed by atoms with van der Waals surface area (Å²) in [5.74, 6) is 5.66. The summed E-state index contributed by atoms with van der Waals surface area (Å²) >= 11 is 0. The number of morpholine rings is 2. The molecule has 10 fully saturated rings. The van der Waals surface area contributed by atoms with Crippen LogP contribution in [0.3, 0.4) is 0 Å². The van der Waals surface area contributed by atoms with Gasteiger partial charge in [-0.3, -0.25) is 9.80 Å². The van der Waals surface area contributed by atoms with Crippen LogP contribution >= 0.6 is 0 Å². The monoisotopic (exact) mass is 670 g/mol. The van der Waals surface area contributed by atoms with Crippen molar-refractivity contribution in [3.8, 4) is 0 Å². The van der Waals surface area contributed by atoms with E-state index in [9.17, 15) is 0 Å². The van der Waals surface area contributed by atoms with Gasteiger partial charge in [0.15, 0.2) is 0 Å². The minimum atomic E-state index is 0.222. The summed E-state index contributed by atoms with van der Waals surface area (Å²) in [5.41, 5.74) is 2.93. The molecule has 264 valence electrons. The largest absolute Gasteiger partial charge is 0.372 e. The van der Waals surface area contributed by atoms with Crippen LogP contribution in [0.2, 0.25) is 5.82 Å². The van der Waals surface area contributed by atoms with E-state index < -0.39 is 0 Å². The molecular formula is C45H59BN2O2. The molecule has 0 amide bonds. The Hall–Kier alpha value is -1.66. The Kier molecular flexibility index (Phi) is 7.34. The molecule has 10 aliphatic rings. The molecule has 5 saturated carbocycles. The van der Waals surface area contributed by atoms with E-state index in [2.05, 4.69) is 70.5 Å². The Balaban J connectivity index is 1.07. The minimum Gasteiger partial charge on any atom is -0.372 e. The van der Waals surface area contributed by atoms with E-state index in [0.29, 0.717) is 42.2 Å². The van der Waals surface area contributed by atoms with Crippen LogP contribution in [-0.4, -0.2) is 77.2 Å². The lowest BCUT2D eigenvalue weighted by molar-refractivity contribution is -0.280. The molecule has 50 heavy (non-hydrogen) atoms. The molecule has 2 aromatic rings. The standard InChI is InChI=1S/C45H59BN2O2/c1-3-11-33(12-4-1)46(34-13-5-2-6-14-34)41-44-37-26-38-45(41)50-40-16-8-10-32-25-30-20-18-28(23-36(30)48(38)43(32)40)21-27-17-19-29-24-31-9-7-15-39(49-44)42(31)47(37)35(29)22-27/h1-6,11-14,27-32,35-45H,7-10,15-26H2. The molecule has 5 aliphatic heterocycles. The zero-order valence-electron chi connectivity index (χ0n) is 30.2. The fourth-order valence-electron chi connectivity index (χ4n) is 16.0. The van der Waals surface area contributed by atoms with Crippen LogP contribution in [0.1, 0.15) is 103 Å². The van der Waals surface area contributed by atoms with Crippen molar-refractivity contribution in [1.82, 2.24) is 9.80 Å². The van der Waals surface area contributed by atoms with Crippen molar-refractivity contribution in [2.45, 2.75) is 169 Å². The number of rotatable bonds is 3. The Morgan fingerprint density at radius 2 is 0.960 bits per heavy atom. The van der Waals surface area contributed by atoms with Crippen molar-refractivity contribution < 1.29 is 9.47 Å². The molecule has 5 heteroatoms. The van der Waals surface area contributed by atoms with Gasteiger partial charge in [-0.1, -0.05) is 97.3 Å². The van der Waals surface area contributed by atoms with Gasteiger partial charge < -0.3 is 9.47 Å². The third kappa shape index (κ3) is 4.57. The molecule has 0 aromatic heterocycles. The van der Waals surface area contributed by atoms with Gasteiger partial charge in [0.1, 0.15) is 0 Å². The second-order valence-corrected chi connectivity index (χ2v) is 19.5. The molecule has 2 aromatic carbocycles. The second kappa shape index (κ2) is 11.9. The van der Waals surface area contributed by atoms with Crippen LogP contribution in [0.15, 0.2) is 60.7 Å². The van der Waals surface area contributed by atoms with E-state index in [0.717, 1.165) is 47.6 Å². The van der Waals surface area contributed by atoms with Gasteiger partial charge in [-0.25, -0.2) is 0 Å². The lowest BCUT2D eigenvalue weighted by Crippen LogP contribution is -2.80. The average molecular weight is 671 g/mol. The number of hydrogen-bond acceptors (Lipinski definition) is 4. The van der Waals surface area contributed by atoms with E-state index in [-0.39, 0.29) is 18.9 Å². The maximum Gasteiger partial charge on any atom is 0.217 e. The minimum absolute atomic E-state index is 0.222. The van der Waals surface area contributed by atoms with Crippen molar-refractivity contribution in [2.24, 2.45) is 35.5 Å². The fourth-order valence-corrected chi connectivity index (χ4v) is 16.0. The van der Waals surface area contributed by atoms with E-state index in [1.54, 1.807) is 0 Å². The van der Waals surface area contributed by atoms with E-state index in [1.807, 2.05) is 0 Å². The molecule has 12 rings (SSSR count). The van der Waals surface area contributed by atoms with Gasteiger partial charge in [0.25, 0.3) is 0 Å². The molecule has 5 saturated heterocycles. The third-order valence-electron chi connectivity index (χ3n) is 17.4. The summed E-state index contributed by atoms with van der Waals surface area (Å²) in [7, 11) is 0. The van der Waals surface area contributed by atoms with Crippen LogP contribution in [0.5, 0.6) is 0 Å². The van der Waals surface area contributed by atoms with Crippen molar-refractivity contribution in [3.63, 3.8) is 0 Å². The molecule has 16 atom stereocenters. The Labute approximate surface area is 301 Å². The lowest BCUT2D eigenvalue weighted by Gasteiger charge is -2.70. The van der Waals surface area contributed by atoms with E-state index >= 15 is 0 Å². The highest BCUT2D eigenvalue weighted by molar-refractivity contribution is 6.86. The number of benzene rings is 2. The summed E-state index contributed by atoms with van der Waals surface area (Å²) in [6.45, 7) is 0.275. The SMILES string of the molecule is c1ccc(B(c2ccccc2)C2C3OC4CCCC5CC6CCC7CC8CCC9CC%10CCCC%11OC2C(CC3N(C6C7)C54)N(C9C8)C%10%11)cc1. The van der Waals surface area contributed by atoms with E-state index in [4.69, 9.17) is 9.47 Å². The number of ether oxygens (including phenoxy) is 2. The molecule has 0 spiro atoms. The topological polar surface area (TPSA) is 24.9 Å². The van der Waals surface area contributed by atoms with Gasteiger partial charge in [-0.05, 0) is 113 Å². The first-order valence-corrected chi connectivity index (χ1v) is 21.7. The number of piperidine rings is 2. The van der Waals surface area contributed by atoms with Crippen molar-refractivity contribution in [1.29, 1.82) is 0 Å². The molecule has 0 N–H and O–H groups in total. The van der Waals surface area contributed by atoms with Gasteiger partial charge >= 0.3 is 0 Å². The van der Waals surface area contributed by atoms with E-state index in [1.165, 1.54) is 114 Å². The predicted octanol–water partition coefficient (Wildman–Crippen LogP) is 7.06. The molecule has 0 radical (unpaired) electrons. The molecule has 4 nitrogen and oxygen atoms in total. The third-order valence-corrected chi connectivity index (χ3v) is 17.4. The smallest absolute Gasteiger partial charge is 0.217 e. The zero-order chi connectivity index (χ0) is 32.5. The van der Waals surface area contributed by atoms with Crippen LogP contribution in [0.25, 0.3) is 0 Å². The highest BCUT2D eigenvalue weighted by atomic mass is 16.5. The van der Waals surface area contributed by atoms with Crippen LogP contribution in [0, 0.1) is 35.5 Å². The Morgan fingerprint density at radius 3 is 1.46 bits per heavy atom. The van der Waals surface area contributed by atoms with Gasteiger partial charge in [0, 0.05) is 42.1 Å². The molecule has 16 unspecified atom stereocenters. The molecule has 5 aliphatic carbocycles. The maximum absolute atomic E-state index is 7.84. The summed E-state index contributed by atoms with van der Waals surface area (Å²) in [6, 6.07) is 27.2. The van der Waals surface area contributed by atoms with Crippen molar-refractivity contribution in [3.05, 3.63) is 60.7 Å². The normalized spacial score (nSPS) is 50.2. The first-order chi connectivity index (χ1) is 24.8. The van der Waals surface area contributed by atoms with Crippen LogP contribution in [0.4, 0.5) is 0 Å². The van der Waals surface area contributed by atoms with Crippen LogP contribution < -0.4 is 10.9 Å². The first kappa shape index (κ1) is 30.8. The van der Waals surface area contributed by atoms with Crippen molar-refractivity contribution >= 4 is 17.6 Å². The molecule has 6 bridgehead atoms. The first-order valence-electron chi connectivity index (χ1n) is 21.7. The van der Waals surface area contributed by atoms with Gasteiger partial charge in [-0.2, -0.15) is 0 Å². The summed E-state index contributed by atoms with van der Waals surface area (Å²) in [4.78, 5) is 6.62. The Morgan fingerprint density at radius 1 is 0.460 bits per heavy atom. The Bertz CT molecular complexity index is 1450. The molecular weight excluding hydrogens is 611 g/mol. The zero-order valence-corrected chi connectivity index (χ0v) is 30.2.